The van der Waals surface area contributed by atoms with Crippen molar-refractivity contribution in [2.75, 3.05) is 18.4 Å². The first-order valence-corrected chi connectivity index (χ1v) is 11.9. The van der Waals surface area contributed by atoms with Crippen LogP contribution in [0.5, 0.6) is 0 Å². The minimum atomic E-state index is -3.64. The molecule has 2 aromatic rings. The van der Waals surface area contributed by atoms with Crippen LogP contribution in [0.25, 0.3) is 0 Å². The second kappa shape index (κ2) is 8.10. The van der Waals surface area contributed by atoms with Gasteiger partial charge in [0.05, 0.1) is 21.2 Å². The van der Waals surface area contributed by atoms with Gasteiger partial charge in [0.25, 0.3) is 5.91 Å². The molecule has 0 unspecified atom stereocenters. The molecule has 0 radical (unpaired) electrons. The van der Waals surface area contributed by atoms with Crippen molar-refractivity contribution in [2.24, 2.45) is 0 Å². The number of benzene rings is 1. The fourth-order valence-corrected chi connectivity index (χ4v) is 5.61. The molecule has 0 atom stereocenters. The second-order valence-corrected chi connectivity index (χ2v) is 11.1. The molecule has 9 heteroatoms. The summed E-state index contributed by atoms with van der Waals surface area (Å²) in [6.45, 7) is 7.13. The van der Waals surface area contributed by atoms with E-state index in [2.05, 4.69) is 10.3 Å². The number of sulfonamides is 1. The van der Waals surface area contributed by atoms with Gasteiger partial charge in [-0.3, -0.25) is 10.1 Å². The number of rotatable bonds is 4. The predicted molar refractivity (Wildman–Crippen MR) is 113 cm³/mol. The van der Waals surface area contributed by atoms with E-state index in [0.29, 0.717) is 18.2 Å². The Hall–Kier alpha value is -1.48. The van der Waals surface area contributed by atoms with Gasteiger partial charge in [0, 0.05) is 23.9 Å². The number of anilines is 1. The van der Waals surface area contributed by atoms with Gasteiger partial charge in [0.15, 0.2) is 5.13 Å². The number of nitrogens with zero attached hydrogens (tertiary/aromatic N) is 2. The van der Waals surface area contributed by atoms with Crippen molar-refractivity contribution < 1.29 is 13.2 Å². The van der Waals surface area contributed by atoms with Crippen LogP contribution < -0.4 is 5.32 Å². The number of hydrogen-bond donors (Lipinski definition) is 1. The SMILES string of the molecule is CC(C)(C)c1csc(NC(=O)c2cc(S(=O)(=O)N3CCCCC3)ccc2Cl)n1. The standard InChI is InChI=1S/C19H24ClN3O3S2/c1-19(2,3)16-12-27-18(21-16)22-17(24)14-11-13(7-8-15(14)20)28(25,26)23-9-5-4-6-10-23/h7-8,11-12H,4-6,9-10H2,1-3H3,(H,21,22,24). The molecule has 1 saturated heterocycles. The third-order valence-corrected chi connectivity index (χ3v) is 7.61. The Labute approximate surface area is 175 Å². The fraction of sp³-hybridized carbons (Fsp3) is 0.474. The van der Waals surface area contributed by atoms with Gasteiger partial charge >= 0.3 is 0 Å². The van der Waals surface area contributed by atoms with Gasteiger partial charge in [-0.15, -0.1) is 11.3 Å². The van der Waals surface area contributed by atoms with Crippen LogP contribution in [0, 0.1) is 0 Å². The van der Waals surface area contributed by atoms with Gasteiger partial charge in [-0.2, -0.15) is 4.31 Å². The van der Waals surface area contributed by atoms with Crippen molar-refractivity contribution in [3.63, 3.8) is 0 Å². The lowest BCUT2D eigenvalue weighted by Crippen LogP contribution is -2.35. The molecule has 3 rings (SSSR count). The zero-order valence-corrected chi connectivity index (χ0v) is 18.5. The number of carbonyl (C=O) groups excluding carboxylic acids is 1. The molecule has 1 aliphatic heterocycles. The fourth-order valence-electron chi connectivity index (χ4n) is 2.93. The summed E-state index contributed by atoms with van der Waals surface area (Å²) in [6.07, 6.45) is 2.73. The van der Waals surface area contributed by atoms with E-state index in [9.17, 15) is 13.2 Å². The number of amides is 1. The largest absolute Gasteiger partial charge is 0.298 e. The summed E-state index contributed by atoms with van der Waals surface area (Å²) >= 11 is 7.51. The third-order valence-electron chi connectivity index (χ3n) is 4.63. The first-order chi connectivity index (χ1) is 13.1. The minimum absolute atomic E-state index is 0.0819. The van der Waals surface area contributed by atoms with Gasteiger partial charge in [0.2, 0.25) is 10.0 Å². The Balaban J connectivity index is 1.85. The molecule has 152 valence electrons. The molecule has 28 heavy (non-hydrogen) atoms. The molecule has 1 fully saturated rings. The summed E-state index contributed by atoms with van der Waals surface area (Å²) in [4.78, 5) is 17.2. The number of thiazole rings is 1. The van der Waals surface area contributed by atoms with Crippen molar-refractivity contribution >= 4 is 44.0 Å². The summed E-state index contributed by atoms with van der Waals surface area (Å²) in [5.74, 6) is -0.476. The summed E-state index contributed by atoms with van der Waals surface area (Å²) < 4.78 is 27.2. The maximum Gasteiger partial charge on any atom is 0.259 e. The Bertz CT molecular complexity index is 975. The topological polar surface area (TPSA) is 79.4 Å². The predicted octanol–water partition coefficient (Wildman–Crippen LogP) is 4.52. The molecular weight excluding hydrogens is 418 g/mol. The average Bonchev–Trinajstić information content (AvgIpc) is 3.11. The first-order valence-electron chi connectivity index (χ1n) is 9.16. The van der Waals surface area contributed by atoms with Crippen molar-refractivity contribution in [1.29, 1.82) is 0 Å². The second-order valence-electron chi connectivity index (χ2n) is 7.85. The molecule has 1 aromatic carbocycles. The lowest BCUT2D eigenvalue weighted by atomic mass is 9.93. The van der Waals surface area contributed by atoms with Gasteiger partial charge in [0.1, 0.15) is 0 Å². The summed E-state index contributed by atoms with van der Waals surface area (Å²) in [7, 11) is -3.64. The molecule has 6 nitrogen and oxygen atoms in total. The van der Waals surface area contributed by atoms with E-state index in [0.717, 1.165) is 25.0 Å². The number of carbonyl (C=O) groups is 1. The van der Waals surface area contributed by atoms with Gasteiger partial charge in [-0.1, -0.05) is 38.8 Å². The smallest absolute Gasteiger partial charge is 0.259 e. The van der Waals surface area contributed by atoms with Crippen LogP contribution in [0.1, 0.15) is 56.1 Å². The Morgan fingerprint density at radius 2 is 1.89 bits per heavy atom. The monoisotopic (exact) mass is 441 g/mol. The summed E-state index contributed by atoms with van der Waals surface area (Å²) in [5, 5.41) is 5.27. The van der Waals surface area contributed by atoms with Gasteiger partial charge in [-0.25, -0.2) is 13.4 Å². The zero-order valence-electron chi connectivity index (χ0n) is 16.2. The molecule has 0 saturated carbocycles. The van der Waals surface area contributed by atoms with Gasteiger partial charge < -0.3 is 0 Å². The normalized spacial score (nSPS) is 16.1. The molecular formula is C19H24ClN3O3S2. The Kier molecular flexibility index (Phi) is 6.14. The highest BCUT2D eigenvalue weighted by Gasteiger charge is 2.27. The van der Waals surface area contributed by atoms with Crippen molar-refractivity contribution in [3.05, 3.63) is 39.9 Å². The maximum atomic E-state index is 12.9. The molecule has 2 heterocycles. The number of piperidine rings is 1. The number of aromatic nitrogens is 1. The van der Waals surface area contributed by atoms with Crippen LogP contribution in [0.15, 0.2) is 28.5 Å². The van der Waals surface area contributed by atoms with Gasteiger partial charge in [-0.05, 0) is 31.0 Å². The Morgan fingerprint density at radius 1 is 1.21 bits per heavy atom. The number of nitrogens with one attached hydrogen (secondary N) is 1. The maximum absolute atomic E-state index is 12.9. The quantitative estimate of drug-likeness (QED) is 0.756. The van der Waals surface area contributed by atoms with Crippen LogP contribution in [-0.2, 0) is 15.4 Å². The van der Waals surface area contributed by atoms with Crippen molar-refractivity contribution in [1.82, 2.24) is 9.29 Å². The van der Waals surface area contributed by atoms with E-state index in [4.69, 9.17) is 11.6 Å². The third kappa shape index (κ3) is 4.56. The van der Waals surface area contributed by atoms with Crippen LogP contribution in [-0.4, -0.2) is 36.7 Å². The molecule has 0 bridgehead atoms. The highest BCUT2D eigenvalue weighted by atomic mass is 35.5. The highest BCUT2D eigenvalue weighted by Crippen LogP contribution is 2.28. The van der Waals surface area contributed by atoms with Crippen LogP contribution >= 0.6 is 22.9 Å². The molecule has 1 aromatic heterocycles. The van der Waals surface area contributed by atoms with E-state index in [1.807, 2.05) is 26.2 Å². The highest BCUT2D eigenvalue weighted by molar-refractivity contribution is 7.89. The molecule has 0 spiro atoms. The van der Waals surface area contributed by atoms with Crippen molar-refractivity contribution in [3.8, 4) is 0 Å². The van der Waals surface area contributed by atoms with Crippen LogP contribution in [0.3, 0.4) is 0 Å². The van der Waals surface area contributed by atoms with Crippen LogP contribution in [0.2, 0.25) is 5.02 Å². The molecule has 1 aliphatic rings. The summed E-state index contributed by atoms with van der Waals surface area (Å²) in [5.41, 5.74) is 0.868. The number of halogens is 1. The molecule has 1 N–H and O–H groups in total. The lowest BCUT2D eigenvalue weighted by Gasteiger charge is -2.26. The minimum Gasteiger partial charge on any atom is -0.298 e. The summed E-state index contributed by atoms with van der Waals surface area (Å²) in [6, 6.07) is 4.25. The lowest BCUT2D eigenvalue weighted by molar-refractivity contribution is 0.102. The average molecular weight is 442 g/mol. The molecule has 0 aliphatic carbocycles. The zero-order chi connectivity index (χ0) is 20.5. The van der Waals surface area contributed by atoms with E-state index in [1.54, 1.807) is 0 Å². The van der Waals surface area contributed by atoms with E-state index >= 15 is 0 Å². The number of hydrogen-bond acceptors (Lipinski definition) is 5. The van der Waals surface area contributed by atoms with E-state index < -0.39 is 15.9 Å². The first kappa shape index (κ1) is 21.2. The van der Waals surface area contributed by atoms with Crippen LogP contribution in [0.4, 0.5) is 5.13 Å². The van der Waals surface area contributed by atoms with Crippen molar-refractivity contribution in [2.45, 2.75) is 50.3 Å². The van der Waals surface area contributed by atoms with E-state index in [-0.39, 0.29) is 20.9 Å². The molecule has 1 amide bonds. The Morgan fingerprint density at radius 3 is 2.50 bits per heavy atom. The van der Waals surface area contributed by atoms with E-state index in [1.165, 1.54) is 33.8 Å².